The van der Waals surface area contributed by atoms with Gasteiger partial charge in [0.25, 0.3) is 0 Å². The van der Waals surface area contributed by atoms with Crippen LogP contribution in [0.15, 0.2) is 10.2 Å². The highest BCUT2D eigenvalue weighted by Gasteiger charge is 2.20. The van der Waals surface area contributed by atoms with E-state index in [-0.39, 0.29) is 11.5 Å². The second-order valence-electron chi connectivity index (χ2n) is 6.74. The zero-order chi connectivity index (χ0) is 18.0. The van der Waals surface area contributed by atoms with Gasteiger partial charge in [-0.3, -0.25) is 0 Å². The number of nitrogens with zero attached hydrogens (tertiary/aromatic N) is 5. The molecule has 0 fully saturated rings. The van der Waals surface area contributed by atoms with Gasteiger partial charge in [-0.1, -0.05) is 0 Å². The summed E-state index contributed by atoms with van der Waals surface area (Å²) in [6.45, 7) is 12.4. The van der Waals surface area contributed by atoms with Crippen LogP contribution in [0.2, 0.25) is 0 Å². The molecule has 1 atom stereocenters. The van der Waals surface area contributed by atoms with Gasteiger partial charge >= 0.3 is 0 Å². The lowest BCUT2D eigenvalue weighted by Crippen LogP contribution is -2.24. The van der Waals surface area contributed by atoms with Crippen LogP contribution in [0.3, 0.4) is 0 Å². The van der Waals surface area contributed by atoms with E-state index < -0.39 is 11.1 Å². The average Bonchev–Trinajstić information content (AvgIpc) is 2.45. The number of azo groups is 1. The van der Waals surface area contributed by atoms with E-state index in [1.54, 1.807) is 34.8 Å². The molecule has 0 amide bonds. The number of hydrogen-bond donors (Lipinski definition) is 0. The minimum absolute atomic E-state index is 0.0787. The third-order valence-electron chi connectivity index (χ3n) is 2.67. The molecular formula is C16H27N5O. The van der Waals surface area contributed by atoms with Gasteiger partial charge in [-0.05, 0) is 54.9 Å². The Balaban J connectivity index is 0. The first-order valence-corrected chi connectivity index (χ1v) is 7.06. The highest BCUT2D eigenvalue weighted by Crippen LogP contribution is 2.18. The molecule has 6 nitrogen and oxygen atoms in total. The van der Waals surface area contributed by atoms with Crippen molar-refractivity contribution in [3.63, 3.8) is 0 Å². The topological polar surface area (TPSA) is 105 Å². The molecule has 122 valence electrons. The quantitative estimate of drug-likeness (QED) is 0.715. The molecule has 0 aliphatic heterocycles. The van der Waals surface area contributed by atoms with Crippen LogP contribution in [0.5, 0.6) is 0 Å². The minimum Gasteiger partial charge on any atom is -0.379 e. The van der Waals surface area contributed by atoms with Crippen LogP contribution in [-0.2, 0) is 4.74 Å². The molecule has 0 rings (SSSR count). The number of nitriles is 3. The number of ether oxygens (including phenoxy) is 1. The molecule has 6 heteroatoms. The predicted molar refractivity (Wildman–Crippen MR) is 84.7 cm³/mol. The van der Waals surface area contributed by atoms with E-state index >= 15 is 0 Å². The second-order valence-corrected chi connectivity index (χ2v) is 6.74. The molecular weight excluding hydrogens is 278 g/mol. The Labute approximate surface area is 134 Å². The maximum absolute atomic E-state index is 8.58. The van der Waals surface area contributed by atoms with Crippen LogP contribution in [0.4, 0.5) is 0 Å². The van der Waals surface area contributed by atoms with Gasteiger partial charge in [0, 0.05) is 13.0 Å². The molecule has 0 aliphatic carbocycles. The molecule has 1 unspecified atom stereocenters. The van der Waals surface area contributed by atoms with Crippen molar-refractivity contribution in [2.45, 2.75) is 71.6 Å². The monoisotopic (exact) mass is 305 g/mol. The average molecular weight is 305 g/mol. The van der Waals surface area contributed by atoms with Gasteiger partial charge in [-0.15, -0.1) is 0 Å². The lowest BCUT2D eigenvalue weighted by molar-refractivity contribution is 0.00882. The molecule has 0 radical (unpaired) electrons. The Morgan fingerprint density at radius 2 is 1.27 bits per heavy atom. The zero-order valence-corrected chi connectivity index (χ0v) is 14.9. The smallest absolute Gasteiger partial charge is 0.162 e. The van der Waals surface area contributed by atoms with Crippen LogP contribution < -0.4 is 0 Å². The number of rotatable bonds is 5. The summed E-state index contributed by atoms with van der Waals surface area (Å²) >= 11 is 0. The summed E-state index contributed by atoms with van der Waals surface area (Å²) in [6.07, 6.45) is 0.792. The van der Waals surface area contributed by atoms with Gasteiger partial charge in [-0.2, -0.15) is 26.0 Å². The summed E-state index contributed by atoms with van der Waals surface area (Å²) in [5, 5.41) is 33.2. The summed E-state index contributed by atoms with van der Waals surface area (Å²) in [4.78, 5) is 0. The van der Waals surface area contributed by atoms with Gasteiger partial charge in [0.2, 0.25) is 0 Å². The van der Waals surface area contributed by atoms with Crippen molar-refractivity contribution in [2.75, 3.05) is 7.11 Å². The minimum atomic E-state index is -0.839. The van der Waals surface area contributed by atoms with Gasteiger partial charge < -0.3 is 4.74 Å². The molecule has 0 bridgehead atoms. The number of methoxy groups -OCH3 is 1. The molecule has 0 aliphatic rings. The van der Waals surface area contributed by atoms with E-state index in [1.807, 2.05) is 32.9 Å². The Kier molecular flexibility index (Phi) is 9.26. The molecule has 0 saturated carbocycles. The Hall–Kier alpha value is -1.97. The van der Waals surface area contributed by atoms with E-state index in [1.165, 1.54) is 0 Å². The Bertz CT molecular complexity index is 458. The van der Waals surface area contributed by atoms with Crippen LogP contribution in [-0.4, -0.2) is 23.8 Å². The maximum Gasteiger partial charge on any atom is 0.162 e. The Morgan fingerprint density at radius 3 is 1.50 bits per heavy atom. The van der Waals surface area contributed by atoms with Gasteiger partial charge in [0.1, 0.15) is 0 Å². The molecule has 0 N–H and O–H groups in total. The molecule has 0 aromatic heterocycles. The van der Waals surface area contributed by atoms with Gasteiger partial charge in [0.05, 0.1) is 23.8 Å². The molecule has 0 aromatic rings. The van der Waals surface area contributed by atoms with Crippen LogP contribution in [0.1, 0.15) is 54.9 Å². The first kappa shape index (κ1) is 22.3. The fourth-order valence-electron chi connectivity index (χ4n) is 1.16. The van der Waals surface area contributed by atoms with Crippen LogP contribution >= 0.6 is 0 Å². The zero-order valence-electron chi connectivity index (χ0n) is 14.9. The van der Waals surface area contributed by atoms with Gasteiger partial charge in [0.15, 0.2) is 11.1 Å². The second kappa shape index (κ2) is 9.13. The van der Waals surface area contributed by atoms with Crippen molar-refractivity contribution < 1.29 is 4.74 Å². The maximum atomic E-state index is 8.58. The number of hydrogen-bond acceptors (Lipinski definition) is 6. The van der Waals surface area contributed by atoms with Crippen LogP contribution in [0, 0.1) is 39.9 Å². The summed E-state index contributed by atoms with van der Waals surface area (Å²) in [5.41, 5.74) is -1.84. The van der Waals surface area contributed by atoms with E-state index in [9.17, 15) is 0 Å². The largest absolute Gasteiger partial charge is 0.379 e. The van der Waals surface area contributed by atoms with E-state index in [4.69, 9.17) is 20.5 Å². The lowest BCUT2D eigenvalue weighted by atomic mass is 9.96. The predicted octanol–water partition coefficient (Wildman–Crippen LogP) is 4.00. The van der Waals surface area contributed by atoms with Crippen molar-refractivity contribution in [1.29, 1.82) is 15.8 Å². The fourth-order valence-corrected chi connectivity index (χ4v) is 1.16. The van der Waals surface area contributed by atoms with E-state index in [0.29, 0.717) is 0 Å². The third kappa shape index (κ3) is 11.8. The van der Waals surface area contributed by atoms with Crippen LogP contribution in [0.25, 0.3) is 0 Å². The van der Waals surface area contributed by atoms with E-state index in [0.717, 1.165) is 6.42 Å². The first-order chi connectivity index (χ1) is 9.84. The normalized spacial score (nSPS) is 13.3. The fraction of sp³-hybridized carbons (Fsp3) is 0.812. The van der Waals surface area contributed by atoms with Crippen molar-refractivity contribution in [3.05, 3.63) is 0 Å². The Morgan fingerprint density at radius 1 is 0.909 bits per heavy atom. The summed E-state index contributed by atoms with van der Waals surface area (Å²) in [5.74, 6) is 0.0787. The lowest BCUT2D eigenvalue weighted by Gasteiger charge is -2.23. The highest BCUT2D eigenvalue weighted by atomic mass is 16.5. The summed E-state index contributed by atoms with van der Waals surface area (Å²) in [6, 6.07) is 6.11. The molecule has 0 spiro atoms. The van der Waals surface area contributed by atoms with Crippen molar-refractivity contribution in [2.24, 2.45) is 16.1 Å². The van der Waals surface area contributed by atoms with Gasteiger partial charge in [-0.25, -0.2) is 0 Å². The molecule has 0 saturated heterocycles. The van der Waals surface area contributed by atoms with Crippen molar-refractivity contribution in [3.8, 4) is 18.2 Å². The summed E-state index contributed by atoms with van der Waals surface area (Å²) in [7, 11) is 1.67. The molecule has 0 aromatic carbocycles. The summed E-state index contributed by atoms with van der Waals surface area (Å²) < 4.78 is 5.16. The van der Waals surface area contributed by atoms with Crippen molar-refractivity contribution in [1.82, 2.24) is 0 Å². The standard InChI is InChI=1S/C8H12N4.C8H15NO/c1-7(2,5-9)11-12-8(3,4)6-10;1-7(6-9)5-8(2,3)10-4/h1-4H3;7H,5H2,1-4H3. The van der Waals surface area contributed by atoms with E-state index in [2.05, 4.69) is 16.3 Å². The molecule has 22 heavy (non-hydrogen) atoms. The van der Waals surface area contributed by atoms with Crippen molar-refractivity contribution >= 4 is 0 Å². The highest BCUT2D eigenvalue weighted by molar-refractivity contribution is 5.03. The SMILES string of the molecule is CC(C)(C#N)N=NC(C)(C)C#N.COC(C)(C)CC(C)C#N. The first-order valence-electron chi connectivity index (χ1n) is 7.06. The molecule has 0 heterocycles. The third-order valence-corrected chi connectivity index (χ3v) is 2.67.